The third kappa shape index (κ3) is 1.48. The van der Waals surface area contributed by atoms with E-state index in [0.29, 0.717) is 11.5 Å². The molecule has 0 fully saturated rings. The van der Waals surface area contributed by atoms with Gasteiger partial charge in [0, 0.05) is 0 Å². The molecule has 0 aliphatic carbocycles. The van der Waals surface area contributed by atoms with Crippen molar-refractivity contribution in [2.24, 2.45) is 0 Å². The van der Waals surface area contributed by atoms with Crippen molar-refractivity contribution in [2.45, 2.75) is 6.41 Å². The summed E-state index contributed by atoms with van der Waals surface area (Å²) in [5.74, 6) is 1.09. The first kappa shape index (κ1) is 7.72. The molecule has 1 heterocycles. The van der Waals surface area contributed by atoms with Gasteiger partial charge in [-0.1, -0.05) is 12.1 Å². The summed E-state index contributed by atoms with van der Waals surface area (Å²) < 4.78 is 10.2. The molecule has 2 rings (SSSR count). The van der Waals surface area contributed by atoms with Crippen LogP contribution in [0.5, 0.6) is 11.5 Å². The Balaban J connectivity index is 2.09. The van der Waals surface area contributed by atoms with Crippen molar-refractivity contribution in [2.75, 3.05) is 0 Å². The fourth-order valence-electron chi connectivity index (χ4n) is 1.06. The highest BCUT2D eigenvalue weighted by Gasteiger charge is 2.24. The number of carbonyl (C=O) groups is 1. The van der Waals surface area contributed by atoms with Gasteiger partial charge in [-0.2, -0.15) is 0 Å². The fourth-order valence-corrected chi connectivity index (χ4v) is 1.06. The third-order valence-electron chi connectivity index (χ3n) is 1.56. The summed E-state index contributed by atoms with van der Waals surface area (Å²) in [5, 5.41) is 10.4. The van der Waals surface area contributed by atoms with Crippen molar-refractivity contribution < 1.29 is 19.4 Å². The summed E-state index contributed by atoms with van der Waals surface area (Å²) in [5.41, 5.74) is 0. The highest BCUT2D eigenvalue weighted by molar-refractivity contribution is 5.64. The second-order valence-corrected chi connectivity index (χ2v) is 2.46. The second-order valence-electron chi connectivity index (χ2n) is 2.46. The molecule has 68 valence electrons. The van der Waals surface area contributed by atoms with Gasteiger partial charge >= 0.3 is 12.5 Å². The molecule has 1 aliphatic rings. The number of hydrogen-bond donors (Lipinski definition) is 2. The number of hydrogen-bond acceptors (Lipinski definition) is 3. The molecule has 0 spiro atoms. The summed E-state index contributed by atoms with van der Waals surface area (Å²) in [6.45, 7) is 0. The number of ether oxygens (including phenoxy) is 2. The largest absolute Gasteiger partial charge is 0.465 e. The van der Waals surface area contributed by atoms with Crippen LogP contribution in [0.4, 0.5) is 4.79 Å². The number of fused-ring (bicyclic) bond motifs is 1. The van der Waals surface area contributed by atoms with Crippen LogP contribution in [0.2, 0.25) is 0 Å². The maximum absolute atomic E-state index is 10.2. The lowest BCUT2D eigenvalue weighted by atomic mass is 10.3. The lowest BCUT2D eigenvalue weighted by Gasteiger charge is -2.08. The van der Waals surface area contributed by atoms with Crippen LogP contribution < -0.4 is 14.8 Å². The molecule has 0 unspecified atom stereocenters. The molecule has 1 aliphatic heterocycles. The van der Waals surface area contributed by atoms with Crippen LogP contribution in [0.1, 0.15) is 0 Å². The lowest BCUT2D eigenvalue weighted by Crippen LogP contribution is -2.39. The highest BCUT2D eigenvalue weighted by Crippen LogP contribution is 2.32. The Hall–Kier alpha value is -1.91. The minimum Gasteiger partial charge on any atom is -0.465 e. The monoisotopic (exact) mass is 181 g/mol. The van der Waals surface area contributed by atoms with Gasteiger partial charge in [0.05, 0.1) is 0 Å². The van der Waals surface area contributed by atoms with Gasteiger partial charge in [-0.15, -0.1) is 0 Å². The minimum atomic E-state index is -1.18. The number of nitrogens with one attached hydrogen (secondary N) is 1. The zero-order chi connectivity index (χ0) is 9.26. The molecule has 1 amide bonds. The van der Waals surface area contributed by atoms with Gasteiger partial charge in [0.1, 0.15) is 0 Å². The van der Waals surface area contributed by atoms with Crippen LogP contribution in [0.3, 0.4) is 0 Å². The predicted octanol–water partition coefficient (Wildman–Crippen LogP) is 1.01. The normalized spacial score (nSPS) is 14.2. The molecule has 0 saturated heterocycles. The maximum atomic E-state index is 10.2. The molecule has 0 saturated carbocycles. The first-order valence-electron chi connectivity index (χ1n) is 3.67. The van der Waals surface area contributed by atoms with Gasteiger partial charge in [0.15, 0.2) is 11.5 Å². The van der Waals surface area contributed by atoms with Crippen LogP contribution >= 0.6 is 0 Å². The van der Waals surface area contributed by atoms with Crippen molar-refractivity contribution in [1.29, 1.82) is 0 Å². The number of amides is 1. The number of benzene rings is 1. The Kier molecular flexibility index (Phi) is 1.70. The smallest absolute Gasteiger partial charge is 0.410 e. The molecular formula is C8H7NO4. The maximum Gasteiger partial charge on any atom is 0.410 e. The van der Waals surface area contributed by atoms with Crippen molar-refractivity contribution in [3.8, 4) is 11.5 Å². The fraction of sp³-hybridized carbons (Fsp3) is 0.125. The number of rotatable bonds is 1. The minimum absolute atomic E-state index is 0.543. The van der Waals surface area contributed by atoms with Gasteiger partial charge in [-0.25, -0.2) is 4.79 Å². The van der Waals surface area contributed by atoms with E-state index in [0.717, 1.165) is 0 Å². The van der Waals surface area contributed by atoms with Crippen LogP contribution in [-0.4, -0.2) is 17.6 Å². The Morgan fingerprint density at radius 3 is 2.31 bits per heavy atom. The van der Waals surface area contributed by atoms with E-state index in [1.165, 1.54) is 0 Å². The van der Waals surface area contributed by atoms with Crippen LogP contribution in [0.25, 0.3) is 0 Å². The molecule has 1 aromatic rings. The molecule has 0 atom stereocenters. The van der Waals surface area contributed by atoms with E-state index in [9.17, 15) is 4.79 Å². The van der Waals surface area contributed by atoms with Gasteiger partial charge in [0.2, 0.25) is 0 Å². The average Bonchev–Trinajstić information content (AvgIpc) is 2.44. The van der Waals surface area contributed by atoms with E-state index in [-0.39, 0.29) is 0 Å². The molecule has 13 heavy (non-hydrogen) atoms. The Morgan fingerprint density at radius 2 is 1.85 bits per heavy atom. The molecule has 5 heteroatoms. The molecule has 5 nitrogen and oxygen atoms in total. The van der Waals surface area contributed by atoms with E-state index in [4.69, 9.17) is 14.6 Å². The number of carboxylic acid groups (broad SMARTS) is 1. The van der Waals surface area contributed by atoms with E-state index in [1.807, 2.05) is 0 Å². The molecule has 2 N–H and O–H groups in total. The second kappa shape index (κ2) is 2.85. The van der Waals surface area contributed by atoms with E-state index in [2.05, 4.69) is 5.32 Å². The number of para-hydroxylation sites is 2. The van der Waals surface area contributed by atoms with Crippen molar-refractivity contribution in [1.82, 2.24) is 5.32 Å². The van der Waals surface area contributed by atoms with Gasteiger partial charge in [0.25, 0.3) is 0 Å². The molecule has 0 bridgehead atoms. The zero-order valence-corrected chi connectivity index (χ0v) is 6.56. The van der Waals surface area contributed by atoms with Crippen molar-refractivity contribution in [3.63, 3.8) is 0 Å². The lowest BCUT2D eigenvalue weighted by molar-refractivity contribution is 0.0214. The molecular weight excluding hydrogens is 174 g/mol. The van der Waals surface area contributed by atoms with Crippen LogP contribution in [0, 0.1) is 0 Å². The summed E-state index contributed by atoms with van der Waals surface area (Å²) in [6, 6.07) is 6.98. The summed E-state index contributed by atoms with van der Waals surface area (Å²) in [7, 11) is 0. The average molecular weight is 181 g/mol. The van der Waals surface area contributed by atoms with Crippen molar-refractivity contribution in [3.05, 3.63) is 24.3 Å². The topological polar surface area (TPSA) is 67.8 Å². The third-order valence-corrected chi connectivity index (χ3v) is 1.56. The molecule has 0 aromatic heterocycles. The van der Waals surface area contributed by atoms with E-state index >= 15 is 0 Å². The first-order chi connectivity index (χ1) is 6.25. The van der Waals surface area contributed by atoms with E-state index in [1.54, 1.807) is 24.3 Å². The summed E-state index contributed by atoms with van der Waals surface area (Å²) in [4.78, 5) is 10.2. The Morgan fingerprint density at radius 1 is 1.31 bits per heavy atom. The van der Waals surface area contributed by atoms with Gasteiger partial charge < -0.3 is 14.6 Å². The van der Waals surface area contributed by atoms with Gasteiger partial charge in [-0.3, -0.25) is 5.32 Å². The Labute approximate surface area is 73.9 Å². The SMILES string of the molecule is O=C(O)NC1Oc2ccccc2O1. The first-order valence-corrected chi connectivity index (χ1v) is 3.67. The van der Waals surface area contributed by atoms with E-state index < -0.39 is 12.5 Å². The Bertz CT molecular complexity index is 314. The zero-order valence-electron chi connectivity index (χ0n) is 6.56. The molecule has 1 aromatic carbocycles. The predicted molar refractivity (Wildman–Crippen MR) is 42.6 cm³/mol. The van der Waals surface area contributed by atoms with Crippen molar-refractivity contribution >= 4 is 6.09 Å². The summed E-state index contributed by atoms with van der Waals surface area (Å²) in [6.07, 6.45) is -2.12. The highest BCUT2D eigenvalue weighted by atomic mass is 16.7. The standard InChI is InChI=1S/C8H7NO4/c10-7(11)9-8-12-5-3-1-2-4-6(5)13-8/h1-4,8-9H,(H,10,11). The molecule has 0 radical (unpaired) electrons. The van der Waals surface area contributed by atoms with Gasteiger partial charge in [-0.05, 0) is 12.1 Å². The van der Waals surface area contributed by atoms with Crippen LogP contribution in [0.15, 0.2) is 24.3 Å². The van der Waals surface area contributed by atoms with Crippen LogP contribution in [-0.2, 0) is 0 Å². The quantitative estimate of drug-likeness (QED) is 0.678. The summed E-state index contributed by atoms with van der Waals surface area (Å²) >= 11 is 0.